The predicted molar refractivity (Wildman–Crippen MR) is 79.6 cm³/mol. The maximum Gasteiger partial charge on any atom is 0.226 e. The number of hydrogen-bond acceptors (Lipinski definition) is 1. The Bertz CT molecular complexity index is 470. The third-order valence-electron chi connectivity index (χ3n) is 4.76. The molecule has 0 heterocycles. The Morgan fingerprint density at radius 3 is 2.58 bits per heavy atom. The maximum absolute atomic E-state index is 12.5. The number of carbonyl (C=O) groups is 1. The van der Waals surface area contributed by atoms with Crippen molar-refractivity contribution < 1.29 is 4.79 Å². The fourth-order valence-corrected chi connectivity index (χ4v) is 4.04. The van der Waals surface area contributed by atoms with E-state index >= 15 is 0 Å². The van der Waals surface area contributed by atoms with Gasteiger partial charge in [0, 0.05) is 24.0 Å². The smallest absolute Gasteiger partial charge is 0.226 e. The van der Waals surface area contributed by atoms with Crippen LogP contribution in [0.2, 0.25) is 0 Å². The minimum Gasteiger partial charge on any atom is -0.341 e. The lowest BCUT2D eigenvalue weighted by atomic mass is 9.88. The van der Waals surface area contributed by atoms with Gasteiger partial charge in [-0.1, -0.05) is 34.5 Å². The molecule has 1 aromatic carbocycles. The minimum absolute atomic E-state index is 0.305. The van der Waals surface area contributed by atoms with Gasteiger partial charge in [-0.15, -0.1) is 0 Å². The molecule has 0 saturated heterocycles. The quantitative estimate of drug-likeness (QED) is 0.828. The molecule has 0 spiro atoms. The third-order valence-corrected chi connectivity index (χ3v) is 5.29. The van der Waals surface area contributed by atoms with E-state index in [9.17, 15) is 4.79 Å². The van der Waals surface area contributed by atoms with Gasteiger partial charge in [0.2, 0.25) is 5.91 Å². The summed E-state index contributed by atoms with van der Waals surface area (Å²) in [6, 6.07) is 8.22. The summed E-state index contributed by atoms with van der Waals surface area (Å²) in [5.41, 5.74) is 1.20. The van der Waals surface area contributed by atoms with Crippen molar-refractivity contribution in [1.29, 1.82) is 0 Å². The van der Waals surface area contributed by atoms with Crippen molar-refractivity contribution in [2.24, 2.45) is 17.8 Å². The highest BCUT2D eigenvalue weighted by Crippen LogP contribution is 2.48. The Morgan fingerprint density at radius 1 is 1.26 bits per heavy atom. The molecule has 0 radical (unpaired) electrons. The molecule has 2 saturated carbocycles. The van der Waals surface area contributed by atoms with Gasteiger partial charge >= 0.3 is 0 Å². The van der Waals surface area contributed by atoms with Crippen molar-refractivity contribution >= 4 is 21.8 Å². The number of carbonyl (C=O) groups excluding carboxylic acids is 1. The summed E-state index contributed by atoms with van der Waals surface area (Å²) in [5.74, 6) is 2.17. The standard InChI is InChI=1S/C16H20BrNO/c1-18(10-11-3-6-14(17)7-4-11)16(19)15-9-12-2-5-13(15)8-12/h3-4,6-7,12-13,15H,2,5,8-10H2,1H3. The van der Waals surface area contributed by atoms with Crippen molar-refractivity contribution in [2.75, 3.05) is 7.05 Å². The van der Waals surface area contributed by atoms with E-state index in [4.69, 9.17) is 0 Å². The monoisotopic (exact) mass is 321 g/mol. The van der Waals surface area contributed by atoms with Crippen LogP contribution in [0.1, 0.15) is 31.2 Å². The first-order valence-electron chi connectivity index (χ1n) is 7.13. The molecule has 0 aromatic heterocycles. The number of hydrogen-bond donors (Lipinski definition) is 0. The van der Waals surface area contributed by atoms with E-state index in [1.54, 1.807) is 0 Å². The number of rotatable bonds is 3. The van der Waals surface area contributed by atoms with Crippen LogP contribution in [0.3, 0.4) is 0 Å². The number of halogens is 1. The summed E-state index contributed by atoms with van der Waals surface area (Å²) >= 11 is 3.44. The minimum atomic E-state index is 0.305. The van der Waals surface area contributed by atoms with Crippen LogP contribution in [-0.2, 0) is 11.3 Å². The molecule has 2 aliphatic carbocycles. The van der Waals surface area contributed by atoms with Crippen LogP contribution in [0.5, 0.6) is 0 Å². The lowest BCUT2D eigenvalue weighted by Gasteiger charge is -2.26. The molecule has 2 nitrogen and oxygen atoms in total. The molecule has 0 aliphatic heterocycles. The van der Waals surface area contributed by atoms with Gasteiger partial charge in [0.25, 0.3) is 0 Å². The molecule has 2 bridgehead atoms. The lowest BCUT2D eigenvalue weighted by molar-refractivity contribution is -0.136. The SMILES string of the molecule is CN(Cc1ccc(Br)cc1)C(=O)C1CC2CCC1C2. The zero-order valence-electron chi connectivity index (χ0n) is 11.3. The second-order valence-corrected chi connectivity index (χ2v) is 7.02. The van der Waals surface area contributed by atoms with E-state index in [-0.39, 0.29) is 0 Å². The van der Waals surface area contributed by atoms with E-state index in [0.717, 1.165) is 23.4 Å². The van der Waals surface area contributed by atoms with Crippen molar-refractivity contribution in [3.63, 3.8) is 0 Å². The second-order valence-electron chi connectivity index (χ2n) is 6.10. The van der Waals surface area contributed by atoms with Crippen LogP contribution in [-0.4, -0.2) is 17.9 Å². The zero-order valence-corrected chi connectivity index (χ0v) is 12.9. The predicted octanol–water partition coefficient (Wildman–Crippen LogP) is 3.84. The highest BCUT2D eigenvalue weighted by molar-refractivity contribution is 9.10. The van der Waals surface area contributed by atoms with E-state index < -0.39 is 0 Å². The normalized spacial score (nSPS) is 28.6. The van der Waals surface area contributed by atoms with Gasteiger partial charge in [-0.2, -0.15) is 0 Å². The highest BCUT2D eigenvalue weighted by atomic mass is 79.9. The van der Waals surface area contributed by atoms with Crippen LogP contribution >= 0.6 is 15.9 Å². The summed E-state index contributed by atoms with van der Waals surface area (Å²) in [5, 5.41) is 0. The molecule has 2 fully saturated rings. The van der Waals surface area contributed by atoms with Crippen LogP contribution < -0.4 is 0 Å². The molecule has 3 rings (SSSR count). The van der Waals surface area contributed by atoms with E-state index in [1.165, 1.54) is 24.8 Å². The molecule has 1 amide bonds. The third kappa shape index (κ3) is 2.71. The zero-order chi connectivity index (χ0) is 13.4. The van der Waals surface area contributed by atoms with Crippen molar-refractivity contribution in [1.82, 2.24) is 4.90 Å². The van der Waals surface area contributed by atoms with Crippen molar-refractivity contribution in [2.45, 2.75) is 32.2 Å². The molecule has 3 unspecified atom stereocenters. The summed E-state index contributed by atoms with van der Waals surface area (Å²) in [6.45, 7) is 0.722. The van der Waals surface area contributed by atoms with Crippen LogP contribution in [0.15, 0.2) is 28.7 Å². The Kier molecular flexibility index (Phi) is 3.66. The van der Waals surface area contributed by atoms with Crippen LogP contribution in [0, 0.1) is 17.8 Å². The maximum atomic E-state index is 12.5. The van der Waals surface area contributed by atoms with Crippen molar-refractivity contribution in [3.8, 4) is 0 Å². The average molecular weight is 322 g/mol. The Hall–Kier alpha value is -0.830. The molecule has 102 valence electrons. The van der Waals surface area contributed by atoms with E-state index in [0.29, 0.717) is 17.7 Å². The summed E-state index contributed by atoms with van der Waals surface area (Å²) in [4.78, 5) is 14.4. The average Bonchev–Trinajstić information content (AvgIpc) is 3.03. The number of benzene rings is 1. The van der Waals surface area contributed by atoms with Gasteiger partial charge in [0.1, 0.15) is 0 Å². The van der Waals surface area contributed by atoms with Gasteiger partial charge in [0.05, 0.1) is 0 Å². The van der Waals surface area contributed by atoms with Gasteiger partial charge in [-0.25, -0.2) is 0 Å². The van der Waals surface area contributed by atoms with Gasteiger partial charge in [0.15, 0.2) is 0 Å². The van der Waals surface area contributed by atoms with Gasteiger partial charge in [-0.3, -0.25) is 4.79 Å². The second kappa shape index (κ2) is 5.28. The van der Waals surface area contributed by atoms with E-state index in [1.807, 2.05) is 24.1 Å². The fourth-order valence-electron chi connectivity index (χ4n) is 3.77. The van der Waals surface area contributed by atoms with Crippen molar-refractivity contribution in [3.05, 3.63) is 34.3 Å². The number of fused-ring (bicyclic) bond motifs is 2. The summed E-state index contributed by atoms with van der Waals surface area (Å²) in [7, 11) is 1.94. The molecule has 0 N–H and O–H groups in total. The number of amides is 1. The molecule has 3 heteroatoms. The van der Waals surface area contributed by atoms with Crippen LogP contribution in [0.4, 0.5) is 0 Å². The Labute approximate surface area is 123 Å². The Morgan fingerprint density at radius 2 is 2.00 bits per heavy atom. The largest absolute Gasteiger partial charge is 0.341 e. The first kappa shape index (κ1) is 13.2. The first-order chi connectivity index (χ1) is 9.13. The molecule has 19 heavy (non-hydrogen) atoms. The first-order valence-corrected chi connectivity index (χ1v) is 7.92. The van der Waals surface area contributed by atoms with Crippen LogP contribution in [0.25, 0.3) is 0 Å². The van der Waals surface area contributed by atoms with Gasteiger partial charge in [-0.05, 0) is 48.8 Å². The highest BCUT2D eigenvalue weighted by Gasteiger charge is 2.43. The molecule has 2 aliphatic rings. The molecular formula is C16H20BrNO. The molecular weight excluding hydrogens is 302 g/mol. The fraction of sp³-hybridized carbons (Fsp3) is 0.562. The number of nitrogens with zero attached hydrogens (tertiary/aromatic N) is 1. The molecule has 1 aromatic rings. The summed E-state index contributed by atoms with van der Waals surface area (Å²) in [6.07, 6.45) is 5.05. The van der Waals surface area contributed by atoms with E-state index in [2.05, 4.69) is 28.1 Å². The Balaban J connectivity index is 1.62. The van der Waals surface area contributed by atoms with Gasteiger partial charge < -0.3 is 4.90 Å². The molecule has 3 atom stereocenters. The lowest BCUT2D eigenvalue weighted by Crippen LogP contribution is -2.35. The topological polar surface area (TPSA) is 20.3 Å². The summed E-state index contributed by atoms with van der Waals surface area (Å²) < 4.78 is 1.08.